The zero-order valence-electron chi connectivity index (χ0n) is 24.9. The topological polar surface area (TPSA) is 87.1 Å². The number of hydrogen-bond acceptors (Lipinski definition) is 5. The van der Waals surface area contributed by atoms with Gasteiger partial charge >= 0.3 is 0 Å². The van der Waals surface area contributed by atoms with Crippen molar-refractivity contribution in [1.82, 2.24) is 29.3 Å². The fourth-order valence-corrected chi connectivity index (χ4v) is 6.86. The number of likely N-dealkylation sites (tertiary alicyclic amines) is 2. The average molecular weight is 599 g/mol. The summed E-state index contributed by atoms with van der Waals surface area (Å²) in [5.74, 6) is 1.29. The summed E-state index contributed by atoms with van der Waals surface area (Å²) in [6, 6.07) is 7.90. The molecule has 4 aromatic rings. The van der Waals surface area contributed by atoms with Crippen molar-refractivity contribution in [2.24, 2.45) is 5.92 Å². The molecule has 3 aromatic heterocycles. The van der Waals surface area contributed by atoms with E-state index < -0.39 is 17.9 Å². The number of aromatic nitrogens is 4. The molecule has 2 aliphatic heterocycles. The van der Waals surface area contributed by atoms with E-state index in [9.17, 15) is 18.4 Å². The standard InChI is InChI=1S/C34H36F2N6O2/c1-19-3-2-10-40(14-19)17-24-12-26-28(20-4-5-20)18-42(34(44)31(26)37-24)30-13-29(38-32(39-30)21-6-7-21)25-9-8-22(35)11-27(25)33(43)41-15-23(36)16-41/h8-9,11-13,18-21,23,37H,2-7,10,14-17H2,1H3/t19-/m0/s1. The van der Waals surface area contributed by atoms with Gasteiger partial charge in [0.05, 0.1) is 24.3 Å². The summed E-state index contributed by atoms with van der Waals surface area (Å²) in [5, 5.41) is 0.984. The Morgan fingerprint density at radius 1 is 1.02 bits per heavy atom. The summed E-state index contributed by atoms with van der Waals surface area (Å²) < 4.78 is 29.6. The van der Waals surface area contributed by atoms with Crippen LogP contribution in [0.1, 0.15) is 84.7 Å². The summed E-state index contributed by atoms with van der Waals surface area (Å²) in [4.78, 5) is 44.4. The largest absolute Gasteiger partial charge is 0.353 e. The van der Waals surface area contributed by atoms with Crippen LogP contribution >= 0.6 is 0 Å². The van der Waals surface area contributed by atoms with E-state index in [1.807, 2.05) is 6.20 Å². The van der Waals surface area contributed by atoms with Gasteiger partial charge in [0.25, 0.3) is 11.5 Å². The van der Waals surface area contributed by atoms with Crippen molar-refractivity contribution in [1.29, 1.82) is 0 Å². The number of carbonyl (C=O) groups is 1. The van der Waals surface area contributed by atoms with Gasteiger partial charge in [0, 0.05) is 47.9 Å². The van der Waals surface area contributed by atoms with Crippen LogP contribution in [0.5, 0.6) is 0 Å². The highest BCUT2D eigenvalue weighted by Gasteiger charge is 2.34. The van der Waals surface area contributed by atoms with Crippen LogP contribution in [0.2, 0.25) is 0 Å². The number of benzene rings is 1. The molecule has 2 saturated carbocycles. The van der Waals surface area contributed by atoms with E-state index in [2.05, 4.69) is 22.9 Å². The van der Waals surface area contributed by atoms with E-state index in [-0.39, 0.29) is 30.1 Å². The Morgan fingerprint density at radius 2 is 1.82 bits per heavy atom. The molecule has 4 aliphatic rings. The molecule has 228 valence electrons. The molecule has 10 heteroatoms. The predicted octanol–water partition coefficient (Wildman–Crippen LogP) is 5.70. The Bertz CT molecular complexity index is 1840. The van der Waals surface area contributed by atoms with E-state index >= 15 is 0 Å². The summed E-state index contributed by atoms with van der Waals surface area (Å²) in [6.45, 7) is 5.18. The van der Waals surface area contributed by atoms with E-state index in [4.69, 9.17) is 9.97 Å². The molecule has 1 atom stereocenters. The second kappa shape index (κ2) is 10.6. The third-order valence-corrected chi connectivity index (χ3v) is 9.57. The van der Waals surface area contributed by atoms with Gasteiger partial charge in [-0.25, -0.2) is 18.7 Å². The first-order chi connectivity index (χ1) is 21.3. The van der Waals surface area contributed by atoms with Gasteiger partial charge in [-0.2, -0.15) is 0 Å². The molecule has 1 amide bonds. The Kier molecular flexibility index (Phi) is 6.66. The summed E-state index contributed by atoms with van der Waals surface area (Å²) in [6.07, 6.45) is 7.37. The van der Waals surface area contributed by atoms with Crippen molar-refractivity contribution in [3.05, 3.63) is 75.3 Å². The number of alkyl halides is 1. The molecule has 2 saturated heterocycles. The van der Waals surface area contributed by atoms with E-state index in [1.54, 1.807) is 16.7 Å². The number of halogens is 2. The molecule has 8 nitrogen and oxygen atoms in total. The smallest absolute Gasteiger partial charge is 0.280 e. The maximum Gasteiger partial charge on any atom is 0.280 e. The number of carbonyl (C=O) groups excluding carboxylic acids is 1. The number of fused-ring (bicyclic) bond motifs is 1. The van der Waals surface area contributed by atoms with Crippen molar-refractivity contribution in [2.75, 3.05) is 26.2 Å². The molecule has 5 heterocycles. The molecular weight excluding hydrogens is 562 g/mol. The summed E-state index contributed by atoms with van der Waals surface area (Å²) >= 11 is 0. The highest BCUT2D eigenvalue weighted by molar-refractivity contribution is 6.01. The molecule has 1 aromatic carbocycles. The van der Waals surface area contributed by atoms with Crippen molar-refractivity contribution >= 4 is 16.8 Å². The van der Waals surface area contributed by atoms with Crippen LogP contribution in [0, 0.1) is 11.7 Å². The minimum Gasteiger partial charge on any atom is -0.353 e. The number of nitrogens with one attached hydrogen (secondary N) is 1. The number of nitrogens with zero attached hydrogens (tertiary/aromatic N) is 5. The highest BCUT2D eigenvalue weighted by Crippen LogP contribution is 2.43. The summed E-state index contributed by atoms with van der Waals surface area (Å²) in [5.41, 5.74) is 3.61. The van der Waals surface area contributed by atoms with Gasteiger partial charge in [0.1, 0.15) is 29.1 Å². The quantitative estimate of drug-likeness (QED) is 0.295. The maximum absolute atomic E-state index is 14.4. The lowest BCUT2D eigenvalue weighted by molar-refractivity contribution is 0.0400. The van der Waals surface area contributed by atoms with Crippen LogP contribution in [0.15, 0.2) is 41.3 Å². The molecule has 44 heavy (non-hydrogen) atoms. The first kappa shape index (κ1) is 27.6. The first-order valence-electron chi connectivity index (χ1n) is 15.9. The molecule has 0 spiro atoms. The van der Waals surface area contributed by atoms with E-state index in [0.29, 0.717) is 40.3 Å². The number of hydrogen-bond donors (Lipinski definition) is 1. The number of aromatic amines is 1. The second-order valence-electron chi connectivity index (χ2n) is 13.3. The van der Waals surface area contributed by atoms with Crippen LogP contribution in [0.4, 0.5) is 8.78 Å². The average Bonchev–Trinajstić information content (AvgIpc) is 3.93. The molecule has 0 bridgehead atoms. The predicted molar refractivity (Wildman–Crippen MR) is 163 cm³/mol. The van der Waals surface area contributed by atoms with Crippen LogP contribution in [-0.4, -0.2) is 67.6 Å². The number of rotatable bonds is 7. The Morgan fingerprint density at radius 3 is 2.55 bits per heavy atom. The zero-order chi connectivity index (χ0) is 30.1. The third kappa shape index (κ3) is 5.12. The monoisotopic (exact) mass is 598 g/mol. The fraction of sp³-hybridized carbons (Fsp3) is 0.471. The van der Waals surface area contributed by atoms with Gasteiger partial charge in [-0.1, -0.05) is 6.92 Å². The van der Waals surface area contributed by atoms with Gasteiger partial charge in [-0.05, 0) is 86.7 Å². The Labute approximate surface area is 254 Å². The minimum absolute atomic E-state index is 0.00853. The van der Waals surface area contributed by atoms with Gasteiger partial charge < -0.3 is 9.88 Å². The van der Waals surface area contributed by atoms with Gasteiger partial charge in [-0.15, -0.1) is 0 Å². The molecular formula is C34H36F2N6O2. The number of piperidine rings is 1. The normalized spacial score (nSPS) is 21.2. The van der Waals surface area contributed by atoms with Gasteiger partial charge in [0.15, 0.2) is 0 Å². The van der Waals surface area contributed by atoms with Crippen molar-refractivity contribution in [2.45, 2.75) is 70.0 Å². The van der Waals surface area contributed by atoms with Crippen LogP contribution < -0.4 is 5.56 Å². The fourth-order valence-electron chi connectivity index (χ4n) is 6.86. The van der Waals surface area contributed by atoms with Crippen molar-refractivity contribution in [3.63, 3.8) is 0 Å². The molecule has 4 fully saturated rings. The van der Waals surface area contributed by atoms with Crippen molar-refractivity contribution < 1.29 is 13.6 Å². The van der Waals surface area contributed by atoms with E-state index in [0.717, 1.165) is 62.0 Å². The van der Waals surface area contributed by atoms with E-state index in [1.165, 1.54) is 29.9 Å². The molecule has 8 rings (SSSR count). The second-order valence-corrected chi connectivity index (χ2v) is 13.3. The summed E-state index contributed by atoms with van der Waals surface area (Å²) in [7, 11) is 0. The third-order valence-electron chi connectivity index (χ3n) is 9.57. The van der Waals surface area contributed by atoms with Crippen LogP contribution in [0.3, 0.4) is 0 Å². The first-order valence-corrected chi connectivity index (χ1v) is 15.9. The Hall–Kier alpha value is -3.92. The highest BCUT2D eigenvalue weighted by atomic mass is 19.1. The molecule has 0 radical (unpaired) electrons. The van der Waals surface area contributed by atoms with Gasteiger partial charge in [-0.3, -0.25) is 19.1 Å². The maximum atomic E-state index is 14.4. The van der Waals surface area contributed by atoms with Crippen LogP contribution in [-0.2, 0) is 6.54 Å². The van der Waals surface area contributed by atoms with Gasteiger partial charge in [0.2, 0.25) is 0 Å². The lowest BCUT2D eigenvalue weighted by Gasteiger charge is -2.34. The number of amides is 1. The lowest BCUT2D eigenvalue weighted by atomic mass is 10.0. The Balaban J connectivity index is 1.23. The van der Waals surface area contributed by atoms with Crippen molar-refractivity contribution in [3.8, 4) is 17.1 Å². The molecule has 0 unspecified atom stereocenters. The zero-order valence-corrected chi connectivity index (χ0v) is 24.9. The van der Waals surface area contributed by atoms with Crippen LogP contribution in [0.25, 0.3) is 28.0 Å². The number of pyridine rings is 1. The number of H-pyrrole nitrogens is 1. The SMILES string of the molecule is C[C@H]1CCCN(Cc2cc3c(C4CC4)cn(-c4cc(-c5ccc(F)cc5C(=O)N5CC(F)C5)nc(C5CC5)n4)c(=O)c3[nH]2)C1. The molecule has 1 N–H and O–H groups in total. The minimum atomic E-state index is -1.07. The molecule has 2 aliphatic carbocycles. The lowest BCUT2D eigenvalue weighted by Crippen LogP contribution is -2.51.